The highest BCUT2D eigenvalue weighted by Gasteiger charge is 2.18. The minimum Gasteiger partial charge on any atom is -0.346 e. The fourth-order valence-corrected chi connectivity index (χ4v) is 3.69. The summed E-state index contributed by atoms with van der Waals surface area (Å²) < 4.78 is 2.33. The molecule has 1 saturated heterocycles. The molecular formula is C20H20N6S. The summed E-state index contributed by atoms with van der Waals surface area (Å²) in [6.45, 7) is 2.18. The van der Waals surface area contributed by atoms with Gasteiger partial charge in [-0.1, -0.05) is 6.07 Å². The molecule has 0 aliphatic carbocycles. The van der Waals surface area contributed by atoms with Gasteiger partial charge in [0.15, 0.2) is 0 Å². The molecule has 0 spiro atoms. The van der Waals surface area contributed by atoms with Gasteiger partial charge >= 0.3 is 0 Å². The number of hydrogen-bond donors (Lipinski definition) is 3. The summed E-state index contributed by atoms with van der Waals surface area (Å²) in [6, 6.07) is 11.8. The van der Waals surface area contributed by atoms with E-state index in [0.717, 1.165) is 29.1 Å². The molecule has 0 amide bonds. The van der Waals surface area contributed by atoms with Crippen LogP contribution in [0.4, 0.5) is 0 Å². The summed E-state index contributed by atoms with van der Waals surface area (Å²) in [4.78, 5) is 12.9. The predicted octanol–water partition coefficient (Wildman–Crippen LogP) is 3.68. The van der Waals surface area contributed by atoms with Crippen molar-refractivity contribution in [3.05, 3.63) is 54.6 Å². The zero-order chi connectivity index (χ0) is 18.6. The molecule has 1 aromatic carbocycles. The standard InChI is InChI=1S/C13H15N5.C7H5NS/c1-4-14-5-2-9(1)18-8-17-11-7-16-13-10(12(11)18)3-6-15-13;8-5-6-2-1-3-7(9)4-6/h3,6-9,14H,1-2,4-5H2,(H,15,16);1-4,9H. The maximum absolute atomic E-state index is 8.38. The van der Waals surface area contributed by atoms with Gasteiger partial charge in [0.05, 0.1) is 29.7 Å². The summed E-state index contributed by atoms with van der Waals surface area (Å²) in [5.41, 5.74) is 3.80. The van der Waals surface area contributed by atoms with E-state index >= 15 is 0 Å². The first kappa shape index (κ1) is 17.6. The van der Waals surface area contributed by atoms with Gasteiger partial charge in [0.2, 0.25) is 0 Å². The molecule has 1 aliphatic rings. The molecule has 2 N–H and O–H groups in total. The van der Waals surface area contributed by atoms with Crippen molar-refractivity contribution in [2.75, 3.05) is 13.1 Å². The maximum Gasteiger partial charge on any atom is 0.139 e. The molecule has 5 rings (SSSR count). The van der Waals surface area contributed by atoms with E-state index in [9.17, 15) is 0 Å². The maximum atomic E-state index is 8.38. The van der Waals surface area contributed by atoms with E-state index in [2.05, 4.69) is 43.5 Å². The molecule has 0 atom stereocenters. The third kappa shape index (κ3) is 3.68. The lowest BCUT2D eigenvalue weighted by Gasteiger charge is -2.24. The molecule has 7 heteroatoms. The monoisotopic (exact) mass is 376 g/mol. The van der Waals surface area contributed by atoms with E-state index in [1.807, 2.05) is 30.9 Å². The van der Waals surface area contributed by atoms with Crippen LogP contribution in [-0.4, -0.2) is 32.6 Å². The smallest absolute Gasteiger partial charge is 0.139 e. The number of imidazole rings is 1. The first-order valence-corrected chi connectivity index (χ1v) is 9.39. The molecule has 27 heavy (non-hydrogen) atoms. The molecule has 4 heterocycles. The molecule has 6 nitrogen and oxygen atoms in total. The Morgan fingerprint density at radius 2 is 2.04 bits per heavy atom. The van der Waals surface area contributed by atoms with Gasteiger partial charge in [-0.2, -0.15) is 5.26 Å². The molecule has 1 aliphatic heterocycles. The third-order valence-electron chi connectivity index (χ3n) is 4.80. The zero-order valence-electron chi connectivity index (χ0n) is 14.8. The van der Waals surface area contributed by atoms with Crippen LogP contribution in [0.5, 0.6) is 0 Å². The van der Waals surface area contributed by atoms with Crippen LogP contribution in [-0.2, 0) is 0 Å². The first-order chi connectivity index (χ1) is 13.3. The highest BCUT2D eigenvalue weighted by atomic mass is 32.1. The largest absolute Gasteiger partial charge is 0.346 e. The number of aromatic amines is 1. The van der Waals surface area contributed by atoms with E-state index < -0.39 is 0 Å². The Labute approximate surface area is 162 Å². The van der Waals surface area contributed by atoms with Crippen molar-refractivity contribution >= 4 is 34.7 Å². The minimum absolute atomic E-state index is 0.553. The molecule has 136 valence electrons. The van der Waals surface area contributed by atoms with Gasteiger partial charge in [-0.15, -0.1) is 12.6 Å². The van der Waals surface area contributed by atoms with Gasteiger partial charge < -0.3 is 14.9 Å². The molecule has 3 aromatic heterocycles. The fraction of sp³-hybridized carbons (Fsp3) is 0.250. The lowest BCUT2D eigenvalue weighted by molar-refractivity contribution is 0.375. The minimum atomic E-state index is 0.553. The summed E-state index contributed by atoms with van der Waals surface area (Å²) >= 11 is 4.06. The van der Waals surface area contributed by atoms with E-state index in [1.54, 1.807) is 18.2 Å². The van der Waals surface area contributed by atoms with Gasteiger partial charge in [-0.05, 0) is 50.2 Å². The average molecular weight is 376 g/mol. The summed E-state index contributed by atoms with van der Waals surface area (Å²) in [7, 11) is 0. The number of nitrogens with one attached hydrogen (secondary N) is 2. The van der Waals surface area contributed by atoms with Crippen LogP contribution >= 0.6 is 12.6 Å². The van der Waals surface area contributed by atoms with Gasteiger partial charge in [0.1, 0.15) is 11.2 Å². The second kappa shape index (κ2) is 7.82. The number of fused-ring (bicyclic) bond motifs is 3. The SMILES string of the molecule is N#Cc1cccc(S)c1.c1cc2c(ncc3ncn(C4CCNCC4)c32)[nH]1. The number of piperidine rings is 1. The van der Waals surface area contributed by atoms with Crippen molar-refractivity contribution in [2.45, 2.75) is 23.8 Å². The third-order valence-corrected chi connectivity index (χ3v) is 5.07. The quantitative estimate of drug-likeness (QED) is 0.443. The number of hydrogen-bond acceptors (Lipinski definition) is 5. The second-order valence-electron chi connectivity index (χ2n) is 6.53. The summed E-state index contributed by atoms with van der Waals surface area (Å²) in [5.74, 6) is 0. The van der Waals surface area contributed by atoms with Crippen molar-refractivity contribution in [2.24, 2.45) is 0 Å². The number of nitriles is 1. The molecular weight excluding hydrogens is 356 g/mol. The van der Waals surface area contributed by atoms with Crippen molar-refractivity contribution in [3.63, 3.8) is 0 Å². The van der Waals surface area contributed by atoms with Crippen molar-refractivity contribution < 1.29 is 0 Å². The Morgan fingerprint density at radius 3 is 2.78 bits per heavy atom. The van der Waals surface area contributed by atoms with Crippen LogP contribution in [0.1, 0.15) is 24.4 Å². The molecule has 0 radical (unpaired) electrons. The van der Waals surface area contributed by atoms with E-state index in [0.29, 0.717) is 11.6 Å². The number of aromatic nitrogens is 4. The Kier molecular flexibility index (Phi) is 5.10. The molecule has 0 unspecified atom stereocenters. The normalized spacial score (nSPS) is 14.7. The van der Waals surface area contributed by atoms with Gasteiger partial charge in [0, 0.05) is 22.5 Å². The Balaban J connectivity index is 0.000000170. The highest BCUT2D eigenvalue weighted by Crippen LogP contribution is 2.28. The highest BCUT2D eigenvalue weighted by molar-refractivity contribution is 7.80. The summed E-state index contributed by atoms with van der Waals surface area (Å²) in [5, 5.41) is 13.0. The number of pyridine rings is 1. The number of rotatable bonds is 1. The van der Waals surface area contributed by atoms with Crippen LogP contribution in [0.2, 0.25) is 0 Å². The van der Waals surface area contributed by atoms with Gasteiger partial charge in [-0.3, -0.25) is 0 Å². The predicted molar refractivity (Wildman–Crippen MR) is 109 cm³/mol. The Hall–Kier alpha value is -2.82. The second-order valence-corrected chi connectivity index (χ2v) is 7.04. The molecule has 4 aromatic rings. The van der Waals surface area contributed by atoms with Gasteiger partial charge in [-0.25, -0.2) is 9.97 Å². The molecule has 0 bridgehead atoms. The van der Waals surface area contributed by atoms with Crippen LogP contribution in [0.3, 0.4) is 0 Å². The van der Waals surface area contributed by atoms with Crippen molar-refractivity contribution in [1.29, 1.82) is 5.26 Å². The summed E-state index contributed by atoms with van der Waals surface area (Å²) in [6.07, 6.45) is 8.09. The van der Waals surface area contributed by atoms with Crippen molar-refractivity contribution in [3.8, 4) is 6.07 Å². The Morgan fingerprint density at radius 1 is 1.19 bits per heavy atom. The lowest BCUT2D eigenvalue weighted by atomic mass is 10.1. The number of H-pyrrole nitrogens is 1. The number of thiol groups is 1. The fourth-order valence-electron chi connectivity index (χ4n) is 3.47. The Bertz CT molecular complexity index is 1100. The first-order valence-electron chi connectivity index (χ1n) is 8.95. The zero-order valence-corrected chi connectivity index (χ0v) is 15.7. The van der Waals surface area contributed by atoms with Crippen LogP contribution in [0.25, 0.3) is 22.1 Å². The molecule has 0 saturated carbocycles. The number of nitrogens with zero attached hydrogens (tertiary/aromatic N) is 4. The van der Waals surface area contributed by atoms with Crippen LogP contribution in [0, 0.1) is 11.3 Å². The number of benzene rings is 1. The van der Waals surface area contributed by atoms with Gasteiger partial charge in [0.25, 0.3) is 0 Å². The van der Waals surface area contributed by atoms with E-state index in [-0.39, 0.29) is 0 Å². The van der Waals surface area contributed by atoms with Crippen LogP contribution in [0.15, 0.2) is 53.9 Å². The average Bonchev–Trinajstić information content (AvgIpc) is 3.35. The van der Waals surface area contributed by atoms with Crippen LogP contribution < -0.4 is 5.32 Å². The van der Waals surface area contributed by atoms with E-state index in [1.165, 1.54) is 23.7 Å². The van der Waals surface area contributed by atoms with E-state index in [4.69, 9.17) is 5.26 Å². The topological polar surface area (TPSA) is 82.3 Å². The molecule has 1 fully saturated rings. The lowest BCUT2D eigenvalue weighted by Crippen LogP contribution is -2.29. The van der Waals surface area contributed by atoms with Crippen molar-refractivity contribution in [1.82, 2.24) is 24.8 Å².